The first-order valence-corrected chi connectivity index (χ1v) is 10.1. The molecule has 0 saturated carbocycles. The molecule has 1 N–H and O–H groups in total. The van der Waals surface area contributed by atoms with E-state index < -0.39 is 0 Å². The Morgan fingerprint density at radius 1 is 1.07 bits per heavy atom. The predicted octanol–water partition coefficient (Wildman–Crippen LogP) is 3.68. The lowest BCUT2D eigenvalue weighted by Gasteiger charge is -2.26. The molecule has 1 fully saturated rings. The van der Waals surface area contributed by atoms with Crippen molar-refractivity contribution in [3.8, 4) is 17.6 Å². The standard InChI is InChI=1S/C23H23N3O4/c24-11-10-22(27)25-18-7-4-16(5-8-18)23(28)26-12-1-3-19(26)17-6-9-20-21(15-17)30-14-2-13-29-20/h4-9,15,19H,1-3,10,12-14H2,(H,25,27)/t19-/m0/s1. The SMILES string of the molecule is N#CCC(=O)Nc1ccc(C(=O)N2CCC[C@H]2c2ccc3c(c2)OCCCO3)cc1. The van der Waals surface area contributed by atoms with Gasteiger partial charge in [0.1, 0.15) is 6.42 Å². The molecule has 2 amide bonds. The van der Waals surface area contributed by atoms with Crippen molar-refractivity contribution in [2.24, 2.45) is 0 Å². The number of nitrogens with one attached hydrogen (secondary N) is 1. The fraction of sp³-hybridized carbons (Fsp3) is 0.348. The zero-order chi connectivity index (χ0) is 20.9. The van der Waals surface area contributed by atoms with Crippen molar-refractivity contribution >= 4 is 17.5 Å². The van der Waals surface area contributed by atoms with Crippen molar-refractivity contribution in [2.45, 2.75) is 31.7 Å². The highest BCUT2D eigenvalue weighted by atomic mass is 16.5. The lowest BCUT2D eigenvalue weighted by atomic mass is 10.0. The van der Waals surface area contributed by atoms with Crippen LogP contribution in [0.3, 0.4) is 0 Å². The van der Waals surface area contributed by atoms with Crippen LogP contribution in [0.2, 0.25) is 0 Å². The molecule has 1 atom stereocenters. The molecule has 7 nitrogen and oxygen atoms in total. The summed E-state index contributed by atoms with van der Waals surface area (Å²) in [5, 5.41) is 11.2. The Morgan fingerprint density at radius 2 is 1.83 bits per heavy atom. The minimum absolute atomic E-state index is 0.00957. The van der Waals surface area contributed by atoms with Crippen LogP contribution in [0.15, 0.2) is 42.5 Å². The van der Waals surface area contributed by atoms with Crippen LogP contribution < -0.4 is 14.8 Å². The van der Waals surface area contributed by atoms with Gasteiger partial charge in [-0.1, -0.05) is 6.07 Å². The molecule has 2 aromatic carbocycles. The normalized spacial score (nSPS) is 17.7. The summed E-state index contributed by atoms with van der Waals surface area (Å²) in [4.78, 5) is 26.6. The maximum absolute atomic E-state index is 13.2. The Balaban J connectivity index is 1.49. The number of anilines is 1. The average molecular weight is 405 g/mol. The molecule has 2 heterocycles. The second kappa shape index (κ2) is 8.87. The van der Waals surface area contributed by atoms with Gasteiger partial charge in [0, 0.05) is 24.2 Å². The van der Waals surface area contributed by atoms with Crippen LogP contribution in [0.5, 0.6) is 11.5 Å². The van der Waals surface area contributed by atoms with E-state index in [1.165, 1.54) is 0 Å². The molecular weight excluding hydrogens is 382 g/mol. The van der Waals surface area contributed by atoms with Gasteiger partial charge in [-0.3, -0.25) is 9.59 Å². The zero-order valence-electron chi connectivity index (χ0n) is 16.6. The van der Waals surface area contributed by atoms with Crippen LogP contribution in [0.1, 0.15) is 47.6 Å². The Hall–Kier alpha value is -3.53. The van der Waals surface area contributed by atoms with E-state index in [1.807, 2.05) is 29.2 Å². The number of likely N-dealkylation sites (tertiary alicyclic amines) is 1. The van der Waals surface area contributed by atoms with Crippen molar-refractivity contribution in [1.29, 1.82) is 5.26 Å². The lowest BCUT2D eigenvalue weighted by Crippen LogP contribution is -2.30. The van der Waals surface area contributed by atoms with E-state index in [0.717, 1.165) is 36.3 Å². The molecule has 154 valence electrons. The minimum Gasteiger partial charge on any atom is -0.490 e. The highest BCUT2D eigenvalue weighted by Crippen LogP contribution is 2.38. The van der Waals surface area contributed by atoms with E-state index in [1.54, 1.807) is 24.3 Å². The smallest absolute Gasteiger partial charge is 0.254 e. The molecule has 0 aliphatic carbocycles. The van der Waals surface area contributed by atoms with Gasteiger partial charge in [0.05, 0.1) is 25.3 Å². The maximum Gasteiger partial charge on any atom is 0.254 e. The third kappa shape index (κ3) is 4.23. The molecule has 7 heteroatoms. The van der Waals surface area contributed by atoms with Crippen LogP contribution in [0.4, 0.5) is 5.69 Å². The Bertz CT molecular complexity index is 981. The average Bonchev–Trinajstić information content (AvgIpc) is 3.12. The van der Waals surface area contributed by atoms with Gasteiger partial charge in [0.25, 0.3) is 5.91 Å². The molecular formula is C23H23N3O4. The quantitative estimate of drug-likeness (QED) is 0.838. The second-order valence-corrected chi connectivity index (χ2v) is 7.37. The highest BCUT2D eigenvalue weighted by molar-refractivity contribution is 5.96. The van der Waals surface area contributed by atoms with Crippen molar-refractivity contribution in [2.75, 3.05) is 25.1 Å². The largest absolute Gasteiger partial charge is 0.490 e. The topological polar surface area (TPSA) is 91.7 Å². The molecule has 0 unspecified atom stereocenters. The van der Waals surface area contributed by atoms with Gasteiger partial charge in [-0.15, -0.1) is 0 Å². The van der Waals surface area contributed by atoms with Gasteiger partial charge < -0.3 is 19.7 Å². The molecule has 1 saturated heterocycles. The summed E-state index contributed by atoms with van der Waals surface area (Å²) in [6.45, 7) is 1.97. The maximum atomic E-state index is 13.2. The number of fused-ring (bicyclic) bond motifs is 1. The third-order valence-corrected chi connectivity index (χ3v) is 5.33. The van der Waals surface area contributed by atoms with Gasteiger partial charge in [-0.25, -0.2) is 0 Å². The number of rotatable bonds is 4. The fourth-order valence-corrected chi connectivity index (χ4v) is 3.88. The van der Waals surface area contributed by atoms with Gasteiger partial charge in [-0.05, 0) is 54.8 Å². The molecule has 2 aromatic rings. The molecule has 2 aliphatic heterocycles. The Kier molecular flexibility index (Phi) is 5.84. The monoisotopic (exact) mass is 405 g/mol. The molecule has 4 rings (SSSR count). The van der Waals surface area contributed by atoms with Crippen LogP contribution in [0, 0.1) is 11.3 Å². The van der Waals surface area contributed by atoms with E-state index in [9.17, 15) is 9.59 Å². The molecule has 30 heavy (non-hydrogen) atoms. The molecule has 0 aromatic heterocycles. The van der Waals surface area contributed by atoms with Crippen LogP contribution in [0.25, 0.3) is 0 Å². The number of benzene rings is 2. The summed E-state index contributed by atoms with van der Waals surface area (Å²) in [7, 11) is 0. The Labute approximate surface area is 175 Å². The number of carbonyl (C=O) groups is 2. The van der Waals surface area contributed by atoms with Crippen LogP contribution in [-0.2, 0) is 4.79 Å². The number of carbonyl (C=O) groups excluding carboxylic acids is 2. The van der Waals surface area contributed by atoms with E-state index >= 15 is 0 Å². The van der Waals surface area contributed by atoms with E-state index in [0.29, 0.717) is 31.0 Å². The summed E-state index contributed by atoms with van der Waals surface area (Å²) >= 11 is 0. The Morgan fingerprint density at radius 3 is 2.60 bits per heavy atom. The zero-order valence-corrected chi connectivity index (χ0v) is 16.6. The van der Waals surface area contributed by atoms with Crippen LogP contribution >= 0.6 is 0 Å². The first-order valence-electron chi connectivity index (χ1n) is 10.1. The highest BCUT2D eigenvalue weighted by Gasteiger charge is 2.31. The van der Waals surface area contributed by atoms with E-state index in [-0.39, 0.29) is 24.3 Å². The number of amides is 2. The summed E-state index contributed by atoms with van der Waals surface area (Å²) < 4.78 is 11.5. The molecule has 0 bridgehead atoms. The van der Waals surface area contributed by atoms with Gasteiger partial charge in [0.2, 0.25) is 5.91 Å². The number of hydrogen-bond donors (Lipinski definition) is 1. The molecule has 0 spiro atoms. The van der Waals surface area contributed by atoms with Gasteiger partial charge in [-0.2, -0.15) is 5.26 Å². The summed E-state index contributed by atoms with van der Waals surface area (Å²) in [5.41, 5.74) is 2.17. The first kappa shape index (κ1) is 19.8. The van der Waals surface area contributed by atoms with Crippen molar-refractivity contribution in [3.63, 3.8) is 0 Å². The number of nitrogens with zero attached hydrogens (tertiary/aromatic N) is 2. The minimum atomic E-state index is -0.370. The number of nitriles is 1. The fourth-order valence-electron chi connectivity index (χ4n) is 3.88. The second-order valence-electron chi connectivity index (χ2n) is 7.37. The predicted molar refractivity (Wildman–Crippen MR) is 110 cm³/mol. The van der Waals surface area contributed by atoms with Crippen molar-refractivity contribution in [3.05, 3.63) is 53.6 Å². The number of hydrogen-bond acceptors (Lipinski definition) is 5. The summed E-state index contributed by atoms with van der Waals surface area (Å²) in [6, 6.07) is 14.5. The molecule has 2 aliphatic rings. The van der Waals surface area contributed by atoms with Gasteiger partial charge >= 0.3 is 0 Å². The van der Waals surface area contributed by atoms with Crippen molar-refractivity contribution in [1.82, 2.24) is 4.90 Å². The first-order chi connectivity index (χ1) is 14.7. The lowest BCUT2D eigenvalue weighted by molar-refractivity contribution is -0.115. The van der Waals surface area contributed by atoms with E-state index in [4.69, 9.17) is 14.7 Å². The van der Waals surface area contributed by atoms with Crippen LogP contribution in [-0.4, -0.2) is 36.5 Å². The number of ether oxygens (including phenoxy) is 2. The van der Waals surface area contributed by atoms with Gasteiger partial charge in [0.15, 0.2) is 11.5 Å². The summed E-state index contributed by atoms with van der Waals surface area (Å²) in [6.07, 6.45) is 2.48. The third-order valence-electron chi connectivity index (χ3n) is 5.33. The van der Waals surface area contributed by atoms with E-state index in [2.05, 4.69) is 5.32 Å². The molecule has 0 radical (unpaired) electrons. The van der Waals surface area contributed by atoms with Crippen molar-refractivity contribution < 1.29 is 19.1 Å². The summed E-state index contributed by atoms with van der Waals surface area (Å²) in [5.74, 6) is 1.08.